The zero-order chi connectivity index (χ0) is 18.6. The van der Waals surface area contributed by atoms with E-state index in [0.717, 1.165) is 5.56 Å². The van der Waals surface area contributed by atoms with Crippen LogP contribution in [0.15, 0.2) is 35.3 Å². The van der Waals surface area contributed by atoms with Crippen molar-refractivity contribution in [3.05, 3.63) is 53.8 Å². The van der Waals surface area contributed by atoms with Crippen molar-refractivity contribution in [2.45, 2.75) is 40.8 Å². The van der Waals surface area contributed by atoms with Crippen LogP contribution in [-0.4, -0.2) is 19.5 Å². The zero-order valence-electron chi connectivity index (χ0n) is 16.7. The Morgan fingerprint density at radius 2 is 1.89 bits per heavy atom. The third-order valence-corrected chi connectivity index (χ3v) is 3.94. The Hall–Kier alpha value is -1.90. The maximum Gasteiger partial charge on any atom is 0.264 e. The minimum absolute atomic E-state index is 0. The molecule has 6 heteroatoms. The van der Waals surface area contributed by atoms with Gasteiger partial charge < -0.3 is 12.5 Å². The van der Waals surface area contributed by atoms with Crippen LogP contribution >= 0.6 is 0 Å². The van der Waals surface area contributed by atoms with Crippen molar-refractivity contribution in [2.24, 2.45) is 0 Å². The van der Waals surface area contributed by atoms with Crippen molar-refractivity contribution >= 4 is 11.0 Å². The summed E-state index contributed by atoms with van der Waals surface area (Å²) < 4.78 is 3.11. The Balaban J connectivity index is 0.00000164. The summed E-state index contributed by atoms with van der Waals surface area (Å²) in [5, 5.41) is 15.6. The minimum atomic E-state index is -0.330. The van der Waals surface area contributed by atoms with E-state index in [1.165, 1.54) is 4.57 Å². The van der Waals surface area contributed by atoms with Crippen molar-refractivity contribution in [2.75, 3.05) is 0 Å². The van der Waals surface area contributed by atoms with Crippen molar-refractivity contribution in [1.82, 2.24) is 14.3 Å². The standard InChI is InChI=1S/C18H17N3O2.C2H6.CH3.Y/c1-4-10-21-17-14(11-20(5-2)19-17)16(22)15(18(21)23)13-9-7-6-8-12(13)3;1-2;;/h1,6-9,11,22H,5,10H2,2-3H3;1-2H3;1H3;/q;;-1;. The number of pyridine rings is 1. The Kier molecular flexibility index (Phi) is 10.3. The van der Waals surface area contributed by atoms with Crippen molar-refractivity contribution in [1.29, 1.82) is 0 Å². The Morgan fingerprint density at radius 3 is 2.44 bits per heavy atom. The van der Waals surface area contributed by atoms with Gasteiger partial charge in [0, 0.05) is 45.5 Å². The van der Waals surface area contributed by atoms with E-state index in [2.05, 4.69) is 11.0 Å². The summed E-state index contributed by atoms with van der Waals surface area (Å²) in [5.74, 6) is 2.44. The number of benzene rings is 1. The van der Waals surface area contributed by atoms with Gasteiger partial charge in [0.25, 0.3) is 5.56 Å². The van der Waals surface area contributed by atoms with Gasteiger partial charge in [0.1, 0.15) is 5.75 Å². The van der Waals surface area contributed by atoms with Crippen molar-refractivity contribution in [3.63, 3.8) is 0 Å². The largest absolute Gasteiger partial charge is 0.506 e. The first-order chi connectivity index (χ1) is 12.1. The van der Waals surface area contributed by atoms with Crippen LogP contribution < -0.4 is 5.56 Å². The molecule has 0 bridgehead atoms. The number of hydrogen-bond donors (Lipinski definition) is 1. The van der Waals surface area contributed by atoms with Gasteiger partial charge in [0.2, 0.25) is 0 Å². The molecule has 1 radical (unpaired) electrons. The quantitative estimate of drug-likeness (QED) is 0.494. The molecule has 0 amide bonds. The molecule has 0 aliphatic carbocycles. The zero-order valence-corrected chi connectivity index (χ0v) is 19.5. The van der Waals surface area contributed by atoms with Crippen molar-refractivity contribution < 1.29 is 37.8 Å². The first-order valence-corrected chi connectivity index (χ1v) is 8.40. The van der Waals surface area contributed by atoms with Crippen LogP contribution in [0.1, 0.15) is 26.3 Å². The SMILES string of the molecule is C#CCn1c(=O)c(-c2ccccc2C)c(O)c2cn(CC)nc21.CC.[CH3-].[Y]. The molecule has 0 fully saturated rings. The molecule has 2 heterocycles. The summed E-state index contributed by atoms with van der Waals surface area (Å²) in [5.41, 5.74) is 1.95. The molecular formula is C21H26N3O2Y-. The first-order valence-electron chi connectivity index (χ1n) is 8.40. The molecule has 5 nitrogen and oxygen atoms in total. The van der Waals surface area contributed by atoms with Crippen LogP contribution in [0.3, 0.4) is 0 Å². The fourth-order valence-corrected chi connectivity index (χ4v) is 2.74. The van der Waals surface area contributed by atoms with Gasteiger partial charge in [-0.3, -0.25) is 14.0 Å². The maximum atomic E-state index is 12.9. The van der Waals surface area contributed by atoms with Gasteiger partial charge in [-0.25, -0.2) is 0 Å². The number of rotatable bonds is 3. The molecule has 0 saturated carbocycles. The summed E-state index contributed by atoms with van der Waals surface area (Å²) in [4.78, 5) is 12.9. The van der Waals surface area contributed by atoms with E-state index in [-0.39, 0.29) is 63.6 Å². The van der Waals surface area contributed by atoms with Crippen molar-refractivity contribution in [3.8, 4) is 29.2 Å². The third kappa shape index (κ3) is 4.69. The number of nitrogens with zero attached hydrogens (tertiary/aromatic N) is 3. The Labute approximate surface area is 186 Å². The predicted molar refractivity (Wildman–Crippen MR) is 108 cm³/mol. The van der Waals surface area contributed by atoms with Gasteiger partial charge in [-0.05, 0) is 25.0 Å². The number of terminal acetylenes is 1. The average molecular weight is 441 g/mol. The molecular weight excluding hydrogens is 415 g/mol. The van der Waals surface area contributed by atoms with Crippen LogP contribution in [0.4, 0.5) is 0 Å². The van der Waals surface area contributed by atoms with Crippen LogP contribution in [-0.2, 0) is 45.8 Å². The normalized spacial score (nSPS) is 9.44. The number of aromatic hydroxyl groups is 1. The molecule has 0 aliphatic heterocycles. The molecule has 0 atom stereocenters. The molecule has 1 aromatic carbocycles. The fourth-order valence-electron chi connectivity index (χ4n) is 2.74. The Morgan fingerprint density at radius 1 is 1.26 bits per heavy atom. The van der Waals surface area contributed by atoms with Gasteiger partial charge in [0.05, 0.1) is 17.5 Å². The third-order valence-electron chi connectivity index (χ3n) is 3.94. The van der Waals surface area contributed by atoms with Crippen LogP contribution in [0, 0.1) is 26.7 Å². The number of hydrogen-bond acceptors (Lipinski definition) is 3. The number of aryl methyl sites for hydroxylation is 2. The second-order valence-corrected chi connectivity index (χ2v) is 5.36. The molecule has 27 heavy (non-hydrogen) atoms. The van der Waals surface area contributed by atoms with E-state index in [1.54, 1.807) is 10.9 Å². The van der Waals surface area contributed by atoms with Crippen LogP contribution in [0.25, 0.3) is 22.2 Å². The van der Waals surface area contributed by atoms with E-state index < -0.39 is 0 Å². The molecule has 3 rings (SSSR count). The van der Waals surface area contributed by atoms with Gasteiger partial charge in [0.15, 0.2) is 5.65 Å². The first kappa shape index (κ1) is 25.1. The molecule has 0 aliphatic rings. The molecule has 1 N–H and O–H groups in total. The monoisotopic (exact) mass is 441 g/mol. The molecule has 3 aromatic rings. The molecule has 0 spiro atoms. The van der Waals surface area contributed by atoms with E-state index in [4.69, 9.17) is 6.42 Å². The summed E-state index contributed by atoms with van der Waals surface area (Å²) in [6.45, 7) is 8.58. The van der Waals surface area contributed by atoms with Crippen LogP contribution in [0.2, 0.25) is 0 Å². The Bertz CT molecular complexity index is 997. The number of fused-ring (bicyclic) bond motifs is 1. The minimum Gasteiger partial charge on any atom is -0.506 e. The van der Waals surface area contributed by atoms with Gasteiger partial charge in [-0.1, -0.05) is 44.0 Å². The topological polar surface area (TPSA) is 60.1 Å². The fraction of sp³-hybridized carbons (Fsp3) is 0.286. The van der Waals surface area contributed by atoms with E-state index in [1.807, 2.05) is 52.0 Å². The summed E-state index contributed by atoms with van der Waals surface area (Å²) >= 11 is 0. The second kappa shape index (κ2) is 11.1. The summed E-state index contributed by atoms with van der Waals surface area (Å²) in [6.07, 6.45) is 7.14. The second-order valence-electron chi connectivity index (χ2n) is 5.36. The van der Waals surface area contributed by atoms with Gasteiger partial charge in [-0.2, -0.15) is 5.10 Å². The number of aromatic nitrogens is 3. The van der Waals surface area contributed by atoms with Gasteiger partial charge in [-0.15, -0.1) is 6.42 Å². The predicted octanol–water partition coefficient (Wildman–Crippen LogP) is 4.01. The smallest absolute Gasteiger partial charge is 0.264 e. The van der Waals surface area contributed by atoms with E-state index in [0.29, 0.717) is 23.1 Å². The summed E-state index contributed by atoms with van der Waals surface area (Å²) in [6, 6.07) is 7.46. The molecule has 0 unspecified atom stereocenters. The molecule has 0 saturated heterocycles. The van der Waals surface area contributed by atoms with Gasteiger partial charge >= 0.3 is 0 Å². The maximum absolute atomic E-state index is 12.9. The molecule has 141 valence electrons. The van der Waals surface area contributed by atoms with E-state index >= 15 is 0 Å². The average Bonchev–Trinajstić information content (AvgIpc) is 3.07. The molecule has 2 aromatic heterocycles. The van der Waals surface area contributed by atoms with Crippen LogP contribution in [0.5, 0.6) is 5.75 Å². The summed E-state index contributed by atoms with van der Waals surface area (Å²) in [7, 11) is 0. The van der Waals surface area contributed by atoms with E-state index in [9.17, 15) is 9.90 Å².